The summed E-state index contributed by atoms with van der Waals surface area (Å²) in [4.78, 5) is 26.8. The standard InChI is InChI=1S/C29H24FN3O4/c1-17-25(34)23-13-20(30)12-22(18(2)32-24-11-7-6-10-21(24)28(35)36)26(23)37-27(17)33-15-29(14-31,16-33)19-8-4-3-5-9-19/h3-13,18,32H,15-16H2,1-2H3,(H,35,36)/t18-/m1/s1. The summed E-state index contributed by atoms with van der Waals surface area (Å²) in [6, 6.07) is 20.2. The number of fused-ring (bicyclic) bond motifs is 1. The summed E-state index contributed by atoms with van der Waals surface area (Å²) in [5.74, 6) is -1.36. The number of nitrogens with one attached hydrogen (secondary N) is 1. The second-order valence-electron chi connectivity index (χ2n) is 9.37. The first-order valence-electron chi connectivity index (χ1n) is 11.8. The molecule has 7 nitrogen and oxygen atoms in total. The molecule has 2 heterocycles. The number of halogens is 1. The van der Waals surface area contributed by atoms with Crippen LogP contribution in [0.3, 0.4) is 0 Å². The van der Waals surface area contributed by atoms with Crippen molar-refractivity contribution in [1.29, 1.82) is 5.26 Å². The first-order valence-corrected chi connectivity index (χ1v) is 11.8. The zero-order valence-corrected chi connectivity index (χ0v) is 20.3. The number of benzene rings is 3. The summed E-state index contributed by atoms with van der Waals surface area (Å²) in [6.45, 7) is 4.06. The fraction of sp³-hybridized carbons (Fsp3) is 0.207. The monoisotopic (exact) mass is 497 g/mol. The van der Waals surface area contributed by atoms with E-state index in [0.29, 0.717) is 35.8 Å². The van der Waals surface area contributed by atoms with Gasteiger partial charge in [-0.15, -0.1) is 0 Å². The number of hydrogen-bond donors (Lipinski definition) is 2. The van der Waals surface area contributed by atoms with Crippen molar-refractivity contribution < 1.29 is 18.7 Å². The fourth-order valence-corrected chi connectivity index (χ4v) is 4.92. The molecule has 0 bridgehead atoms. The lowest BCUT2D eigenvalue weighted by atomic mass is 9.75. The van der Waals surface area contributed by atoms with E-state index in [2.05, 4.69) is 11.4 Å². The van der Waals surface area contributed by atoms with E-state index in [0.717, 1.165) is 11.6 Å². The summed E-state index contributed by atoms with van der Waals surface area (Å²) in [5.41, 5.74) is 1.18. The Bertz CT molecular complexity index is 1620. The molecule has 0 aliphatic carbocycles. The van der Waals surface area contributed by atoms with E-state index >= 15 is 0 Å². The van der Waals surface area contributed by atoms with Crippen molar-refractivity contribution in [2.24, 2.45) is 0 Å². The number of rotatable bonds is 6. The van der Waals surface area contributed by atoms with Crippen LogP contribution in [0, 0.1) is 24.1 Å². The average molecular weight is 498 g/mol. The Kier molecular flexibility index (Phi) is 5.92. The van der Waals surface area contributed by atoms with Gasteiger partial charge in [-0.3, -0.25) is 4.79 Å². The predicted octanol–water partition coefficient (Wildman–Crippen LogP) is 5.39. The van der Waals surface area contributed by atoms with Gasteiger partial charge < -0.3 is 19.7 Å². The molecule has 0 saturated carbocycles. The molecule has 1 aromatic heterocycles. The summed E-state index contributed by atoms with van der Waals surface area (Å²) in [7, 11) is 0. The third kappa shape index (κ3) is 4.08. The van der Waals surface area contributed by atoms with E-state index in [-0.39, 0.29) is 22.0 Å². The van der Waals surface area contributed by atoms with Gasteiger partial charge in [-0.05, 0) is 43.7 Å². The van der Waals surface area contributed by atoms with Gasteiger partial charge in [0.25, 0.3) is 0 Å². The minimum atomic E-state index is -1.10. The second kappa shape index (κ2) is 9.10. The lowest BCUT2D eigenvalue weighted by molar-refractivity contribution is 0.0698. The molecule has 0 spiro atoms. The number of aromatic carboxylic acids is 1. The number of nitriles is 1. The lowest BCUT2D eigenvalue weighted by Crippen LogP contribution is -2.59. The molecule has 1 aliphatic rings. The molecular weight excluding hydrogens is 473 g/mol. The molecule has 3 aromatic carbocycles. The number of anilines is 2. The van der Waals surface area contributed by atoms with E-state index in [9.17, 15) is 24.3 Å². The number of carbonyl (C=O) groups is 1. The van der Waals surface area contributed by atoms with Gasteiger partial charge in [-0.1, -0.05) is 42.5 Å². The SMILES string of the molecule is Cc1c(N2CC(C#N)(c3ccccc3)C2)oc2c([C@@H](C)Nc3ccccc3C(=O)O)cc(F)cc2c1=O. The molecule has 0 amide bonds. The van der Waals surface area contributed by atoms with Crippen LogP contribution in [0.1, 0.15) is 40.0 Å². The largest absolute Gasteiger partial charge is 0.478 e. The van der Waals surface area contributed by atoms with Crippen LogP contribution in [0.15, 0.2) is 75.9 Å². The molecule has 186 valence electrons. The Labute approximate surface area is 212 Å². The topological polar surface area (TPSA) is 107 Å². The molecule has 4 aromatic rings. The van der Waals surface area contributed by atoms with Crippen LogP contribution in [-0.2, 0) is 5.41 Å². The van der Waals surface area contributed by atoms with Gasteiger partial charge in [-0.25, -0.2) is 9.18 Å². The molecule has 1 fully saturated rings. The highest BCUT2D eigenvalue weighted by Gasteiger charge is 2.46. The third-order valence-corrected chi connectivity index (χ3v) is 6.93. The average Bonchev–Trinajstić information content (AvgIpc) is 2.87. The van der Waals surface area contributed by atoms with E-state index in [1.165, 1.54) is 12.1 Å². The van der Waals surface area contributed by atoms with Crippen LogP contribution in [0.5, 0.6) is 0 Å². The van der Waals surface area contributed by atoms with Crippen LogP contribution in [0.4, 0.5) is 16.0 Å². The number of hydrogen-bond acceptors (Lipinski definition) is 6. The maximum absolute atomic E-state index is 14.6. The van der Waals surface area contributed by atoms with Crippen molar-refractivity contribution in [1.82, 2.24) is 0 Å². The number of nitrogens with zero attached hydrogens (tertiary/aromatic N) is 2. The van der Waals surface area contributed by atoms with E-state index < -0.39 is 23.2 Å². The van der Waals surface area contributed by atoms with E-state index in [1.807, 2.05) is 35.2 Å². The molecule has 1 saturated heterocycles. The smallest absolute Gasteiger partial charge is 0.337 e. The van der Waals surface area contributed by atoms with Crippen molar-refractivity contribution in [2.75, 3.05) is 23.3 Å². The number of carboxylic acids is 1. The molecule has 37 heavy (non-hydrogen) atoms. The van der Waals surface area contributed by atoms with Gasteiger partial charge in [0.2, 0.25) is 5.88 Å². The molecule has 2 N–H and O–H groups in total. The summed E-state index contributed by atoms with van der Waals surface area (Å²) >= 11 is 0. The Morgan fingerprint density at radius 1 is 1.16 bits per heavy atom. The zero-order chi connectivity index (χ0) is 26.3. The van der Waals surface area contributed by atoms with Gasteiger partial charge in [0.05, 0.1) is 28.6 Å². The second-order valence-corrected chi connectivity index (χ2v) is 9.37. The molecular formula is C29H24FN3O4. The highest BCUT2D eigenvalue weighted by atomic mass is 19.1. The van der Waals surface area contributed by atoms with Crippen LogP contribution < -0.4 is 15.6 Å². The highest BCUT2D eigenvalue weighted by molar-refractivity contribution is 5.94. The van der Waals surface area contributed by atoms with Crippen molar-refractivity contribution >= 4 is 28.5 Å². The molecule has 1 atom stereocenters. The highest BCUT2D eigenvalue weighted by Crippen LogP contribution is 2.40. The first-order chi connectivity index (χ1) is 17.7. The van der Waals surface area contributed by atoms with Crippen LogP contribution >= 0.6 is 0 Å². The predicted molar refractivity (Wildman–Crippen MR) is 139 cm³/mol. The molecule has 0 radical (unpaired) electrons. The Morgan fingerprint density at radius 3 is 2.51 bits per heavy atom. The molecule has 8 heteroatoms. The van der Waals surface area contributed by atoms with Gasteiger partial charge in [-0.2, -0.15) is 5.26 Å². The normalized spacial score (nSPS) is 15.0. The van der Waals surface area contributed by atoms with Crippen molar-refractivity contribution in [2.45, 2.75) is 25.3 Å². The Morgan fingerprint density at radius 2 is 1.84 bits per heavy atom. The van der Waals surface area contributed by atoms with Crippen molar-refractivity contribution in [3.05, 3.63) is 105 Å². The maximum atomic E-state index is 14.6. The fourth-order valence-electron chi connectivity index (χ4n) is 4.92. The summed E-state index contributed by atoms with van der Waals surface area (Å²) in [5, 5.41) is 22.7. The van der Waals surface area contributed by atoms with Gasteiger partial charge in [0.15, 0.2) is 5.43 Å². The van der Waals surface area contributed by atoms with Gasteiger partial charge in [0, 0.05) is 24.3 Å². The van der Waals surface area contributed by atoms with Crippen LogP contribution in [-0.4, -0.2) is 24.2 Å². The quantitative estimate of drug-likeness (QED) is 0.368. The molecule has 5 rings (SSSR count). The van der Waals surface area contributed by atoms with Crippen LogP contribution in [0.2, 0.25) is 0 Å². The van der Waals surface area contributed by atoms with E-state index in [4.69, 9.17) is 4.42 Å². The van der Waals surface area contributed by atoms with Crippen molar-refractivity contribution in [3.63, 3.8) is 0 Å². The minimum absolute atomic E-state index is 0.0716. The maximum Gasteiger partial charge on any atom is 0.337 e. The summed E-state index contributed by atoms with van der Waals surface area (Å²) < 4.78 is 20.9. The first kappa shape index (κ1) is 24.1. The van der Waals surface area contributed by atoms with Crippen molar-refractivity contribution in [3.8, 4) is 6.07 Å². The van der Waals surface area contributed by atoms with Gasteiger partial charge in [0.1, 0.15) is 16.8 Å². The lowest BCUT2D eigenvalue weighted by Gasteiger charge is -2.46. The molecule has 1 aliphatic heterocycles. The minimum Gasteiger partial charge on any atom is -0.478 e. The Hall–Kier alpha value is -4.64. The number of para-hydroxylation sites is 1. The van der Waals surface area contributed by atoms with E-state index in [1.54, 1.807) is 32.0 Å². The number of carboxylic acid groups (broad SMARTS) is 1. The Balaban J connectivity index is 1.55. The summed E-state index contributed by atoms with van der Waals surface area (Å²) in [6.07, 6.45) is 0. The van der Waals surface area contributed by atoms with Gasteiger partial charge >= 0.3 is 5.97 Å². The van der Waals surface area contributed by atoms with Crippen LogP contribution in [0.25, 0.3) is 11.0 Å². The molecule has 0 unspecified atom stereocenters. The third-order valence-electron chi connectivity index (χ3n) is 6.93. The zero-order valence-electron chi connectivity index (χ0n) is 20.3.